The first-order chi connectivity index (χ1) is 11.9. The molecule has 0 spiro atoms. The number of anilines is 2. The Labute approximate surface area is 141 Å². The summed E-state index contributed by atoms with van der Waals surface area (Å²) in [7, 11) is 0. The number of hydrogen-bond donors (Lipinski definition) is 2. The van der Waals surface area contributed by atoms with Crippen LogP contribution in [0.4, 0.5) is 11.5 Å². The smallest absolute Gasteiger partial charge is 0.161 e. The van der Waals surface area contributed by atoms with Gasteiger partial charge >= 0.3 is 0 Å². The molecule has 2 N–H and O–H groups in total. The fourth-order valence-corrected chi connectivity index (χ4v) is 3.49. The second-order valence-electron chi connectivity index (χ2n) is 5.47. The summed E-state index contributed by atoms with van der Waals surface area (Å²) in [4.78, 5) is 4.25. The Bertz CT molecular complexity index is 1140. The van der Waals surface area contributed by atoms with Gasteiger partial charge in [0.25, 0.3) is 0 Å². The number of furan rings is 1. The zero-order valence-electron chi connectivity index (χ0n) is 12.5. The molecule has 5 rings (SSSR count). The first-order valence-corrected chi connectivity index (χ1v) is 8.43. The number of hydrogen-bond acceptors (Lipinski definition) is 5. The van der Waals surface area contributed by atoms with Crippen LogP contribution in [0.2, 0.25) is 0 Å². The van der Waals surface area contributed by atoms with Crippen molar-refractivity contribution in [1.82, 2.24) is 15.2 Å². The van der Waals surface area contributed by atoms with Gasteiger partial charge in [0, 0.05) is 28.9 Å². The van der Waals surface area contributed by atoms with Crippen LogP contribution in [0.25, 0.3) is 33.1 Å². The van der Waals surface area contributed by atoms with Gasteiger partial charge in [0.1, 0.15) is 5.58 Å². The highest BCUT2D eigenvalue weighted by atomic mass is 32.1. The minimum atomic E-state index is 0.752. The van der Waals surface area contributed by atoms with Crippen molar-refractivity contribution in [2.45, 2.75) is 0 Å². The normalized spacial score (nSPS) is 11.3. The molecular weight excluding hydrogens is 320 g/mol. The second-order valence-corrected chi connectivity index (χ2v) is 6.25. The van der Waals surface area contributed by atoms with E-state index in [4.69, 9.17) is 4.42 Å². The highest BCUT2D eigenvalue weighted by Gasteiger charge is 2.11. The van der Waals surface area contributed by atoms with Crippen molar-refractivity contribution in [3.63, 3.8) is 0 Å². The highest BCUT2D eigenvalue weighted by Crippen LogP contribution is 2.34. The molecule has 0 aliphatic rings. The first-order valence-electron chi connectivity index (χ1n) is 7.48. The van der Waals surface area contributed by atoms with Crippen LogP contribution in [0.5, 0.6) is 0 Å². The van der Waals surface area contributed by atoms with Crippen LogP contribution in [-0.4, -0.2) is 15.2 Å². The van der Waals surface area contributed by atoms with Crippen LogP contribution in [0, 0.1) is 0 Å². The lowest BCUT2D eigenvalue weighted by Gasteiger charge is -2.03. The third kappa shape index (κ3) is 2.08. The maximum absolute atomic E-state index is 5.74. The zero-order chi connectivity index (χ0) is 15.9. The van der Waals surface area contributed by atoms with Crippen molar-refractivity contribution < 1.29 is 4.42 Å². The summed E-state index contributed by atoms with van der Waals surface area (Å²) in [5.74, 6) is 0.752. The Kier molecular flexibility index (Phi) is 2.89. The molecule has 5 nitrogen and oxygen atoms in total. The summed E-state index contributed by atoms with van der Waals surface area (Å²) in [6, 6.07) is 12.1. The molecule has 0 unspecified atom stereocenters. The Hall–Kier alpha value is -3.12. The summed E-state index contributed by atoms with van der Waals surface area (Å²) in [6.45, 7) is 0. The average Bonchev–Trinajstić information content (AvgIpc) is 3.34. The monoisotopic (exact) mass is 332 g/mol. The second kappa shape index (κ2) is 5.21. The summed E-state index contributed by atoms with van der Waals surface area (Å²) in [5.41, 5.74) is 4.83. The van der Waals surface area contributed by atoms with Crippen molar-refractivity contribution in [1.29, 1.82) is 0 Å². The van der Waals surface area contributed by atoms with E-state index in [0.717, 1.165) is 39.1 Å². The number of H-pyrrole nitrogens is 1. The molecule has 0 saturated heterocycles. The summed E-state index contributed by atoms with van der Waals surface area (Å²) >= 11 is 1.68. The molecule has 4 aromatic heterocycles. The van der Waals surface area contributed by atoms with E-state index in [-0.39, 0.29) is 0 Å². The van der Waals surface area contributed by atoms with E-state index in [0.29, 0.717) is 0 Å². The molecule has 24 heavy (non-hydrogen) atoms. The van der Waals surface area contributed by atoms with Gasteiger partial charge in [-0.25, -0.2) is 4.98 Å². The molecule has 0 atom stereocenters. The number of aromatic amines is 1. The van der Waals surface area contributed by atoms with E-state index < -0.39 is 0 Å². The molecule has 0 fully saturated rings. The van der Waals surface area contributed by atoms with Crippen LogP contribution >= 0.6 is 11.3 Å². The number of nitrogens with one attached hydrogen (secondary N) is 2. The fourth-order valence-electron chi connectivity index (χ4n) is 2.83. The molecule has 6 heteroatoms. The van der Waals surface area contributed by atoms with Crippen LogP contribution in [-0.2, 0) is 0 Å². The fraction of sp³-hybridized carbons (Fsp3) is 0. The highest BCUT2D eigenvalue weighted by molar-refractivity contribution is 7.08. The summed E-state index contributed by atoms with van der Waals surface area (Å²) < 4.78 is 5.74. The van der Waals surface area contributed by atoms with Gasteiger partial charge in [0.2, 0.25) is 0 Å². The minimum Gasteiger partial charge on any atom is -0.464 e. The molecule has 5 aromatic rings. The van der Waals surface area contributed by atoms with E-state index >= 15 is 0 Å². The number of fused-ring (bicyclic) bond motifs is 2. The van der Waals surface area contributed by atoms with Crippen molar-refractivity contribution in [3.8, 4) is 11.1 Å². The third-order valence-corrected chi connectivity index (χ3v) is 4.69. The molecule has 0 saturated carbocycles. The molecule has 116 valence electrons. The van der Waals surface area contributed by atoms with E-state index in [1.54, 1.807) is 17.5 Å². The van der Waals surface area contributed by atoms with E-state index in [2.05, 4.69) is 43.4 Å². The predicted molar refractivity (Wildman–Crippen MR) is 96.7 cm³/mol. The van der Waals surface area contributed by atoms with Gasteiger partial charge in [-0.1, -0.05) is 0 Å². The molecule has 0 amide bonds. The summed E-state index contributed by atoms with van der Waals surface area (Å²) in [6.07, 6.45) is 3.55. The Morgan fingerprint density at radius 1 is 1.12 bits per heavy atom. The molecule has 1 aromatic carbocycles. The minimum absolute atomic E-state index is 0.752. The number of pyridine rings is 1. The Morgan fingerprint density at radius 2 is 2.12 bits per heavy atom. The summed E-state index contributed by atoms with van der Waals surface area (Å²) in [5, 5.41) is 16.8. The molecule has 0 aliphatic carbocycles. The Balaban J connectivity index is 1.54. The van der Waals surface area contributed by atoms with Gasteiger partial charge in [-0.3, -0.25) is 5.10 Å². The van der Waals surface area contributed by atoms with Gasteiger partial charge in [0.05, 0.1) is 11.6 Å². The molecule has 0 radical (unpaired) electrons. The van der Waals surface area contributed by atoms with Crippen molar-refractivity contribution in [2.75, 3.05) is 5.32 Å². The average molecular weight is 332 g/mol. The van der Waals surface area contributed by atoms with Crippen LogP contribution in [0.1, 0.15) is 0 Å². The first kappa shape index (κ1) is 13.3. The molecule has 4 heterocycles. The number of rotatable bonds is 3. The largest absolute Gasteiger partial charge is 0.464 e. The molecule has 0 bridgehead atoms. The van der Waals surface area contributed by atoms with Crippen molar-refractivity contribution >= 4 is 44.8 Å². The zero-order valence-corrected chi connectivity index (χ0v) is 13.3. The van der Waals surface area contributed by atoms with Gasteiger partial charge in [0.15, 0.2) is 11.5 Å². The number of benzene rings is 1. The lowest BCUT2D eigenvalue weighted by Crippen LogP contribution is -1.90. The van der Waals surface area contributed by atoms with Crippen LogP contribution in [0.3, 0.4) is 0 Å². The number of nitrogens with zero attached hydrogens (tertiary/aromatic N) is 2. The Morgan fingerprint density at radius 3 is 3.04 bits per heavy atom. The third-order valence-electron chi connectivity index (χ3n) is 4.01. The quantitative estimate of drug-likeness (QED) is 0.478. The molecular formula is C18H12N4OS. The predicted octanol–water partition coefficient (Wildman–Crippen LogP) is 5.18. The number of aromatic nitrogens is 3. The number of thiophene rings is 1. The van der Waals surface area contributed by atoms with E-state index in [1.807, 2.05) is 30.5 Å². The van der Waals surface area contributed by atoms with E-state index in [1.165, 1.54) is 5.56 Å². The van der Waals surface area contributed by atoms with E-state index in [9.17, 15) is 0 Å². The van der Waals surface area contributed by atoms with Gasteiger partial charge < -0.3 is 9.73 Å². The van der Waals surface area contributed by atoms with Gasteiger partial charge in [-0.2, -0.15) is 16.4 Å². The standard InChI is InChI=1S/C18H12N4OS/c1-2-14-17(19-6-1)21-22-18(14)20-12-3-4-13-15(9-23-16(13)8-12)11-5-7-24-10-11/h1-10H,(H2,19,20,21,22). The van der Waals surface area contributed by atoms with Crippen LogP contribution in [0.15, 0.2) is 64.0 Å². The van der Waals surface area contributed by atoms with Gasteiger partial charge in [-0.05, 0) is 46.7 Å². The van der Waals surface area contributed by atoms with Crippen molar-refractivity contribution in [3.05, 3.63) is 59.6 Å². The van der Waals surface area contributed by atoms with Gasteiger partial charge in [-0.15, -0.1) is 0 Å². The lowest BCUT2D eigenvalue weighted by atomic mass is 10.1. The maximum atomic E-state index is 5.74. The van der Waals surface area contributed by atoms with Crippen LogP contribution < -0.4 is 5.32 Å². The SMILES string of the molecule is c1cnc2[nH]nc(Nc3ccc4c(-c5ccsc5)coc4c3)c2c1. The maximum Gasteiger partial charge on any atom is 0.161 e. The van der Waals surface area contributed by atoms with Crippen molar-refractivity contribution in [2.24, 2.45) is 0 Å². The molecule has 0 aliphatic heterocycles. The lowest BCUT2D eigenvalue weighted by molar-refractivity contribution is 0.617. The topological polar surface area (TPSA) is 66.7 Å².